The molecule has 2 amide bonds. The standard InChI is InChI=1S/C31H41F6N9O2/c32-30(33,34)22-8-6-21(7-9-22)10-13-41-27(48)23-4-2-16-46(23)25-19-24(43-28(44-25)31(35,36)37)45-17-11-20(12-18-45)3-1-5-26(47)40-14-15-42-29(38)39/h6-9,19-20,23H,1-5,10-18H2,(H,40,47)(H,41,48)(H4,38,39,42). The predicted molar refractivity (Wildman–Crippen MR) is 167 cm³/mol. The average Bonchev–Trinajstić information content (AvgIpc) is 3.53. The number of aromatic nitrogens is 2. The first-order valence-electron chi connectivity index (χ1n) is 16.0. The van der Waals surface area contributed by atoms with E-state index in [9.17, 15) is 35.9 Å². The molecule has 0 aliphatic carbocycles. The Morgan fingerprint density at radius 1 is 0.875 bits per heavy atom. The number of hydrogen-bond donors (Lipinski definition) is 5. The summed E-state index contributed by atoms with van der Waals surface area (Å²) in [4.78, 5) is 36.1. The molecule has 1 unspecified atom stereocenters. The first-order chi connectivity index (χ1) is 22.7. The van der Waals surface area contributed by atoms with Crippen LogP contribution in [0.4, 0.5) is 38.0 Å². The Morgan fingerprint density at radius 2 is 1.54 bits per heavy atom. The SMILES string of the molecule is N=C(N)NCCNC(=O)CCCC1CCN(c2cc(N3CCCC3C(=O)NCCc3ccc(C(F)(F)F)cc3)nc(C(F)(F)F)n2)CC1. The van der Waals surface area contributed by atoms with E-state index in [1.807, 2.05) is 0 Å². The molecule has 48 heavy (non-hydrogen) atoms. The number of amides is 2. The van der Waals surface area contributed by atoms with Crippen LogP contribution < -0.4 is 31.5 Å². The van der Waals surface area contributed by atoms with E-state index in [1.165, 1.54) is 18.2 Å². The molecule has 2 fully saturated rings. The highest BCUT2D eigenvalue weighted by atomic mass is 19.4. The summed E-state index contributed by atoms with van der Waals surface area (Å²) >= 11 is 0. The summed E-state index contributed by atoms with van der Waals surface area (Å²) < 4.78 is 80.2. The van der Waals surface area contributed by atoms with Crippen LogP contribution in [0.1, 0.15) is 61.9 Å². The molecule has 3 heterocycles. The normalized spacial score (nSPS) is 17.3. The molecule has 11 nitrogen and oxygen atoms in total. The third kappa shape index (κ3) is 10.6. The number of carbonyl (C=O) groups is 2. The summed E-state index contributed by atoms with van der Waals surface area (Å²) in [5.41, 5.74) is 5.04. The van der Waals surface area contributed by atoms with Crippen molar-refractivity contribution in [1.29, 1.82) is 5.41 Å². The van der Waals surface area contributed by atoms with Crippen molar-refractivity contribution < 1.29 is 35.9 Å². The number of nitrogens with one attached hydrogen (secondary N) is 4. The van der Waals surface area contributed by atoms with E-state index in [4.69, 9.17) is 11.1 Å². The number of alkyl halides is 6. The highest BCUT2D eigenvalue weighted by Crippen LogP contribution is 2.34. The van der Waals surface area contributed by atoms with Crippen molar-refractivity contribution in [3.05, 3.63) is 47.3 Å². The molecule has 1 aromatic heterocycles. The smallest absolute Gasteiger partial charge is 0.370 e. The second kappa shape index (κ2) is 16.2. The molecule has 17 heteroatoms. The van der Waals surface area contributed by atoms with E-state index in [0.29, 0.717) is 69.9 Å². The van der Waals surface area contributed by atoms with E-state index in [1.54, 1.807) is 9.80 Å². The highest BCUT2D eigenvalue weighted by Gasteiger charge is 2.39. The summed E-state index contributed by atoms with van der Waals surface area (Å²) in [6, 6.07) is 5.39. The van der Waals surface area contributed by atoms with Crippen LogP contribution in [0.25, 0.3) is 0 Å². The number of rotatable bonds is 13. The molecule has 4 rings (SSSR count). The van der Waals surface area contributed by atoms with Gasteiger partial charge in [-0.25, -0.2) is 9.97 Å². The Bertz CT molecular complexity index is 1400. The minimum Gasteiger partial charge on any atom is -0.370 e. The first-order valence-corrected chi connectivity index (χ1v) is 16.0. The molecule has 264 valence electrons. The van der Waals surface area contributed by atoms with Gasteiger partial charge in [-0.05, 0) is 68.6 Å². The van der Waals surface area contributed by atoms with Gasteiger partial charge in [0, 0.05) is 51.8 Å². The zero-order valence-corrected chi connectivity index (χ0v) is 26.4. The molecule has 1 atom stereocenters. The second-order valence-electron chi connectivity index (χ2n) is 12.0. The van der Waals surface area contributed by atoms with Gasteiger partial charge in [-0.2, -0.15) is 26.3 Å². The van der Waals surface area contributed by atoms with Crippen LogP contribution >= 0.6 is 0 Å². The van der Waals surface area contributed by atoms with Gasteiger partial charge in [-0.3, -0.25) is 15.0 Å². The van der Waals surface area contributed by atoms with E-state index in [0.717, 1.165) is 31.4 Å². The van der Waals surface area contributed by atoms with Crippen LogP contribution in [0.15, 0.2) is 30.3 Å². The lowest BCUT2D eigenvalue weighted by Gasteiger charge is -2.34. The maximum absolute atomic E-state index is 13.9. The Labute approximate surface area is 274 Å². The van der Waals surface area contributed by atoms with E-state index in [2.05, 4.69) is 25.9 Å². The lowest BCUT2D eigenvalue weighted by atomic mass is 9.91. The molecule has 2 aromatic rings. The third-order valence-corrected chi connectivity index (χ3v) is 8.51. The fourth-order valence-corrected chi connectivity index (χ4v) is 5.97. The zero-order valence-electron chi connectivity index (χ0n) is 26.4. The van der Waals surface area contributed by atoms with Gasteiger partial charge >= 0.3 is 12.4 Å². The van der Waals surface area contributed by atoms with Crippen molar-refractivity contribution in [3.8, 4) is 0 Å². The molecule has 0 radical (unpaired) electrons. The molecule has 6 N–H and O–H groups in total. The summed E-state index contributed by atoms with van der Waals surface area (Å²) in [6.07, 6.45) is -4.71. The Morgan fingerprint density at radius 3 is 2.19 bits per heavy atom. The fraction of sp³-hybridized carbons (Fsp3) is 0.581. The van der Waals surface area contributed by atoms with Gasteiger partial charge in [-0.1, -0.05) is 12.1 Å². The number of carbonyl (C=O) groups excluding carboxylic acids is 2. The largest absolute Gasteiger partial charge is 0.451 e. The van der Waals surface area contributed by atoms with Gasteiger partial charge in [0.2, 0.25) is 17.6 Å². The van der Waals surface area contributed by atoms with Crippen molar-refractivity contribution in [2.24, 2.45) is 11.7 Å². The quantitative estimate of drug-likeness (QED) is 0.0924. The minimum absolute atomic E-state index is 0.0133. The van der Waals surface area contributed by atoms with Crippen LogP contribution in [-0.4, -0.2) is 73.1 Å². The number of hydrogen-bond acceptors (Lipinski definition) is 7. The maximum Gasteiger partial charge on any atom is 0.451 e. The molecule has 0 spiro atoms. The van der Waals surface area contributed by atoms with Crippen LogP contribution in [0.3, 0.4) is 0 Å². The van der Waals surface area contributed by atoms with Gasteiger partial charge in [-0.15, -0.1) is 0 Å². The Kier molecular flexibility index (Phi) is 12.3. The van der Waals surface area contributed by atoms with Gasteiger partial charge in [0.1, 0.15) is 17.7 Å². The Balaban J connectivity index is 1.32. The summed E-state index contributed by atoms with van der Waals surface area (Å²) in [7, 11) is 0. The maximum atomic E-state index is 13.9. The van der Waals surface area contributed by atoms with Crippen LogP contribution in [0.5, 0.6) is 0 Å². The molecule has 0 bridgehead atoms. The number of benzene rings is 1. The van der Waals surface area contributed by atoms with Crippen molar-refractivity contribution in [2.45, 2.75) is 69.8 Å². The number of halogens is 6. The molecule has 0 saturated carbocycles. The number of nitrogens with zero attached hydrogens (tertiary/aromatic N) is 4. The lowest BCUT2D eigenvalue weighted by molar-refractivity contribution is -0.144. The average molecular weight is 686 g/mol. The zero-order chi connectivity index (χ0) is 34.9. The van der Waals surface area contributed by atoms with Crippen LogP contribution in [-0.2, 0) is 28.4 Å². The molecular weight excluding hydrogens is 644 g/mol. The van der Waals surface area contributed by atoms with Crippen LogP contribution in [0.2, 0.25) is 0 Å². The first kappa shape index (κ1) is 36.5. The molecular formula is C31H41F6N9O2. The lowest BCUT2D eigenvalue weighted by Crippen LogP contribution is -2.44. The second-order valence-corrected chi connectivity index (χ2v) is 12.0. The number of piperidine rings is 1. The third-order valence-electron chi connectivity index (χ3n) is 8.51. The van der Waals surface area contributed by atoms with E-state index >= 15 is 0 Å². The van der Waals surface area contributed by atoms with Gasteiger partial charge in [0.05, 0.1) is 5.56 Å². The molecule has 2 saturated heterocycles. The highest BCUT2D eigenvalue weighted by molar-refractivity contribution is 5.85. The van der Waals surface area contributed by atoms with Gasteiger partial charge < -0.3 is 31.5 Å². The number of anilines is 2. The van der Waals surface area contributed by atoms with E-state index in [-0.39, 0.29) is 36.5 Å². The Hall–Kier alpha value is -4.31. The topological polar surface area (TPSA) is 152 Å². The fourth-order valence-electron chi connectivity index (χ4n) is 5.97. The van der Waals surface area contributed by atoms with Crippen molar-refractivity contribution >= 4 is 29.4 Å². The monoisotopic (exact) mass is 685 g/mol. The summed E-state index contributed by atoms with van der Waals surface area (Å²) in [5.74, 6) is -1.48. The minimum atomic E-state index is -4.80. The number of nitrogens with two attached hydrogens (primary N) is 1. The number of guanidine groups is 1. The van der Waals surface area contributed by atoms with E-state index < -0.39 is 35.7 Å². The van der Waals surface area contributed by atoms with Crippen LogP contribution in [0, 0.1) is 11.3 Å². The molecule has 2 aliphatic rings. The molecule has 2 aliphatic heterocycles. The molecule has 1 aromatic carbocycles. The summed E-state index contributed by atoms with van der Waals surface area (Å²) in [5, 5.41) is 15.2. The predicted octanol–water partition coefficient (Wildman–Crippen LogP) is 3.83. The summed E-state index contributed by atoms with van der Waals surface area (Å²) in [6.45, 7) is 2.15. The van der Waals surface area contributed by atoms with Gasteiger partial charge in [0.15, 0.2) is 5.96 Å². The van der Waals surface area contributed by atoms with Crippen molar-refractivity contribution in [3.63, 3.8) is 0 Å². The van der Waals surface area contributed by atoms with Crippen molar-refractivity contribution in [1.82, 2.24) is 25.9 Å². The van der Waals surface area contributed by atoms with Crippen molar-refractivity contribution in [2.75, 3.05) is 49.1 Å². The van der Waals surface area contributed by atoms with Gasteiger partial charge in [0.25, 0.3) is 0 Å².